The van der Waals surface area contributed by atoms with Gasteiger partial charge >= 0.3 is 5.97 Å². The van der Waals surface area contributed by atoms with E-state index in [1.807, 2.05) is 0 Å². The van der Waals surface area contributed by atoms with Crippen molar-refractivity contribution >= 4 is 39.3 Å². The maximum Gasteiger partial charge on any atom is 0.307 e. The lowest BCUT2D eigenvalue weighted by Gasteiger charge is -2.05. The summed E-state index contributed by atoms with van der Waals surface area (Å²) >= 11 is 8.73. The van der Waals surface area contributed by atoms with E-state index in [0.717, 1.165) is 10.0 Å². The summed E-state index contributed by atoms with van der Waals surface area (Å²) in [5.41, 5.74) is 1.44. The first kappa shape index (κ1) is 13.2. The van der Waals surface area contributed by atoms with Crippen molar-refractivity contribution in [3.8, 4) is 0 Å². The maximum absolute atomic E-state index is 11.2. The van der Waals surface area contributed by atoms with Gasteiger partial charge in [0.15, 0.2) is 5.78 Å². The lowest BCUT2D eigenvalue weighted by atomic mass is 10.0. The summed E-state index contributed by atoms with van der Waals surface area (Å²) in [4.78, 5) is 21.7. The predicted octanol–water partition coefficient (Wildman–Crippen LogP) is 2.43. The van der Waals surface area contributed by atoms with Gasteiger partial charge < -0.3 is 5.11 Å². The lowest BCUT2D eigenvalue weighted by molar-refractivity contribution is -0.136. The minimum absolute atomic E-state index is 0.0321. The van der Waals surface area contributed by atoms with Gasteiger partial charge in [-0.15, -0.1) is 11.6 Å². The van der Waals surface area contributed by atoms with Gasteiger partial charge in [-0.3, -0.25) is 9.59 Å². The number of hydrogen-bond acceptors (Lipinski definition) is 2. The Morgan fingerprint density at radius 3 is 2.56 bits per heavy atom. The van der Waals surface area contributed by atoms with E-state index in [2.05, 4.69) is 15.9 Å². The fraction of sp³-hybridized carbons (Fsp3) is 0.273. The summed E-state index contributed by atoms with van der Waals surface area (Å²) in [6, 6.07) is 5.17. The molecule has 86 valence electrons. The van der Waals surface area contributed by atoms with Crippen LogP contribution in [-0.4, -0.2) is 22.7 Å². The van der Waals surface area contributed by atoms with E-state index in [1.165, 1.54) is 0 Å². The number of carboxylic acids is 1. The first-order chi connectivity index (χ1) is 7.52. The van der Waals surface area contributed by atoms with Gasteiger partial charge in [-0.1, -0.05) is 28.1 Å². The molecule has 0 saturated heterocycles. The van der Waals surface area contributed by atoms with E-state index in [9.17, 15) is 9.59 Å². The molecule has 0 aliphatic heterocycles. The van der Waals surface area contributed by atoms with Crippen LogP contribution in [0.2, 0.25) is 0 Å². The molecule has 0 radical (unpaired) electrons. The molecule has 0 saturated carbocycles. The fourth-order valence-electron chi connectivity index (χ4n) is 1.31. The van der Waals surface area contributed by atoms with Crippen LogP contribution in [0.3, 0.4) is 0 Å². The van der Waals surface area contributed by atoms with E-state index >= 15 is 0 Å². The molecule has 16 heavy (non-hydrogen) atoms. The SMILES string of the molecule is O=C(O)Cc1ccc(Br)c(CC(=O)CCl)c1. The Labute approximate surface area is 107 Å². The largest absolute Gasteiger partial charge is 0.481 e. The zero-order valence-electron chi connectivity index (χ0n) is 8.37. The highest BCUT2D eigenvalue weighted by Gasteiger charge is 2.08. The molecule has 0 aliphatic rings. The average Bonchev–Trinajstić information content (AvgIpc) is 2.22. The second kappa shape index (κ2) is 6.01. The van der Waals surface area contributed by atoms with Crippen molar-refractivity contribution < 1.29 is 14.7 Å². The molecular weight excluding hydrogens is 295 g/mol. The van der Waals surface area contributed by atoms with Gasteiger partial charge in [0.05, 0.1) is 12.3 Å². The maximum atomic E-state index is 11.2. The number of ketones is 1. The van der Waals surface area contributed by atoms with Crippen molar-refractivity contribution in [2.75, 3.05) is 5.88 Å². The molecule has 0 fully saturated rings. The van der Waals surface area contributed by atoms with Gasteiger partial charge in [-0.2, -0.15) is 0 Å². The zero-order valence-corrected chi connectivity index (χ0v) is 10.7. The number of carboxylic acid groups (broad SMARTS) is 1. The molecule has 0 aromatic heterocycles. The topological polar surface area (TPSA) is 54.4 Å². The third-order valence-corrected chi connectivity index (χ3v) is 3.07. The molecule has 1 N–H and O–H groups in total. The Balaban J connectivity index is 2.90. The molecular formula is C11H10BrClO3. The Morgan fingerprint density at radius 1 is 1.31 bits per heavy atom. The summed E-state index contributed by atoms with van der Waals surface area (Å²) in [7, 11) is 0. The van der Waals surface area contributed by atoms with Gasteiger partial charge in [-0.05, 0) is 17.2 Å². The highest BCUT2D eigenvalue weighted by Crippen LogP contribution is 2.19. The number of alkyl halides is 1. The fourth-order valence-corrected chi connectivity index (χ4v) is 1.79. The van der Waals surface area contributed by atoms with Crippen molar-refractivity contribution in [1.82, 2.24) is 0 Å². The molecule has 1 rings (SSSR count). The van der Waals surface area contributed by atoms with Crippen molar-refractivity contribution in [2.45, 2.75) is 12.8 Å². The number of halogens is 2. The molecule has 0 bridgehead atoms. The smallest absolute Gasteiger partial charge is 0.307 e. The third kappa shape index (κ3) is 3.94. The zero-order chi connectivity index (χ0) is 12.1. The number of aliphatic carboxylic acids is 1. The van der Waals surface area contributed by atoms with Crippen LogP contribution in [0.5, 0.6) is 0 Å². The third-order valence-electron chi connectivity index (χ3n) is 2.00. The molecule has 0 amide bonds. The van der Waals surface area contributed by atoms with E-state index < -0.39 is 5.97 Å². The first-order valence-corrected chi connectivity index (χ1v) is 5.92. The van der Waals surface area contributed by atoms with Crippen molar-refractivity contribution in [1.29, 1.82) is 0 Å². The number of hydrogen-bond donors (Lipinski definition) is 1. The quantitative estimate of drug-likeness (QED) is 0.850. The molecule has 5 heteroatoms. The van der Waals surface area contributed by atoms with Gasteiger partial charge in [0.25, 0.3) is 0 Å². The molecule has 3 nitrogen and oxygen atoms in total. The summed E-state index contributed by atoms with van der Waals surface area (Å²) in [5.74, 6) is -1.01. The van der Waals surface area contributed by atoms with Crippen LogP contribution >= 0.6 is 27.5 Å². The molecule has 0 spiro atoms. The van der Waals surface area contributed by atoms with Crippen LogP contribution in [0, 0.1) is 0 Å². The average molecular weight is 306 g/mol. The van der Waals surface area contributed by atoms with Gasteiger partial charge in [-0.25, -0.2) is 0 Å². The number of rotatable bonds is 5. The van der Waals surface area contributed by atoms with Crippen LogP contribution in [-0.2, 0) is 22.4 Å². The number of Topliss-reactive ketones (excluding diaryl/α,β-unsaturated/α-hetero) is 1. The van der Waals surface area contributed by atoms with E-state index in [-0.39, 0.29) is 24.5 Å². The van der Waals surface area contributed by atoms with Gasteiger partial charge in [0.2, 0.25) is 0 Å². The number of carbonyl (C=O) groups is 2. The molecule has 1 aromatic rings. The molecule has 0 atom stereocenters. The van der Waals surface area contributed by atoms with Crippen LogP contribution in [0.25, 0.3) is 0 Å². The Bertz CT molecular complexity index is 418. The predicted molar refractivity (Wildman–Crippen MR) is 64.9 cm³/mol. The summed E-state index contributed by atoms with van der Waals surface area (Å²) in [6.45, 7) is 0. The van der Waals surface area contributed by atoms with Crippen molar-refractivity contribution in [3.63, 3.8) is 0 Å². The highest BCUT2D eigenvalue weighted by atomic mass is 79.9. The van der Waals surface area contributed by atoms with Gasteiger partial charge in [0, 0.05) is 10.9 Å². The van der Waals surface area contributed by atoms with Crippen LogP contribution in [0.1, 0.15) is 11.1 Å². The number of carbonyl (C=O) groups excluding carboxylic acids is 1. The van der Waals surface area contributed by atoms with Crippen LogP contribution in [0.4, 0.5) is 0 Å². The van der Waals surface area contributed by atoms with Crippen LogP contribution in [0.15, 0.2) is 22.7 Å². The second-order valence-corrected chi connectivity index (χ2v) is 4.47. The Morgan fingerprint density at radius 2 is 2.00 bits per heavy atom. The van der Waals surface area contributed by atoms with Crippen molar-refractivity contribution in [3.05, 3.63) is 33.8 Å². The van der Waals surface area contributed by atoms with Crippen LogP contribution < -0.4 is 0 Å². The van der Waals surface area contributed by atoms with Gasteiger partial charge in [0.1, 0.15) is 0 Å². The Kier molecular flexibility index (Phi) is 4.96. The van der Waals surface area contributed by atoms with E-state index in [1.54, 1.807) is 18.2 Å². The molecule has 0 aliphatic carbocycles. The first-order valence-electron chi connectivity index (χ1n) is 4.59. The summed E-state index contributed by atoms with van der Waals surface area (Å²) in [5, 5.41) is 8.66. The number of benzene rings is 1. The lowest BCUT2D eigenvalue weighted by Crippen LogP contribution is -2.06. The molecule has 1 aromatic carbocycles. The normalized spacial score (nSPS) is 10.1. The standard InChI is InChI=1S/C11H10BrClO3/c12-10-2-1-7(4-11(15)16)3-8(10)5-9(14)6-13/h1-3H,4-6H2,(H,15,16). The summed E-state index contributed by atoms with van der Waals surface area (Å²) < 4.78 is 0.792. The molecule has 0 heterocycles. The highest BCUT2D eigenvalue weighted by molar-refractivity contribution is 9.10. The minimum Gasteiger partial charge on any atom is -0.481 e. The van der Waals surface area contributed by atoms with Crippen molar-refractivity contribution in [2.24, 2.45) is 0 Å². The van der Waals surface area contributed by atoms with E-state index in [0.29, 0.717) is 5.56 Å². The molecule has 0 unspecified atom stereocenters. The minimum atomic E-state index is -0.892. The monoisotopic (exact) mass is 304 g/mol. The van der Waals surface area contributed by atoms with E-state index in [4.69, 9.17) is 16.7 Å². The summed E-state index contributed by atoms with van der Waals surface area (Å²) in [6.07, 6.45) is 0.173. The second-order valence-electron chi connectivity index (χ2n) is 3.35. The Hall–Kier alpha value is -0.870.